The molecule has 0 aromatic heterocycles. The molecule has 4 amide bonds. The average Bonchev–Trinajstić information content (AvgIpc) is 3.67. The van der Waals surface area contributed by atoms with Crippen LogP contribution in [0.15, 0.2) is 0 Å². The van der Waals surface area contributed by atoms with Crippen LogP contribution in [0, 0.1) is 0 Å². The molecule has 0 aliphatic carbocycles. The molecule has 226 valence electrons. The lowest BCUT2D eigenvalue weighted by molar-refractivity contribution is -0.148. The molecule has 0 saturated carbocycles. The molecule has 4 rings (SSSR count). The first kappa shape index (κ1) is 32.9. The second kappa shape index (κ2) is 16.7. The molecule has 4 heterocycles. The molecule has 4 fully saturated rings. The predicted octanol–water partition coefficient (Wildman–Crippen LogP) is -3.16. The smallest absolute Gasteiger partial charge is 0.303 e. The lowest BCUT2D eigenvalue weighted by atomic mass is 10.1. The van der Waals surface area contributed by atoms with Crippen LogP contribution in [-0.2, 0) is 38.2 Å². The zero-order valence-corrected chi connectivity index (χ0v) is 22.4. The van der Waals surface area contributed by atoms with E-state index >= 15 is 0 Å². The topological polar surface area (TPSA) is 244 Å². The standard InChI is InChI=1S/2C10H17N3O3.C4H6O4/c2*11-9(14)8-6-16-5-4-13(8)10(15)7-2-1-3-12-7;5-3(6)1-2-4(7)8/h2*7-8,12H,1-6H2,(H2,11,14);1-2H2,(H,5,6)(H,7,8)/t2*7-,8?;/m00./s1. The fraction of sp³-hybridized carbons (Fsp3) is 0.750. The van der Waals surface area contributed by atoms with E-state index in [-0.39, 0.29) is 50.0 Å². The number of nitrogens with zero attached hydrogens (tertiary/aromatic N) is 2. The Morgan fingerprint density at radius 1 is 0.700 bits per heavy atom. The van der Waals surface area contributed by atoms with Gasteiger partial charge in [0.2, 0.25) is 23.6 Å². The van der Waals surface area contributed by atoms with Crippen molar-refractivity contribution in [2.45, 2.75) is 62.7 Å². The van der Waals surface area contributed by atoms with Crippen LogP contribution in [0.1, 0.15) is 38.5 Å². The lowest BCUT2D eigenvalue weighted by Crippen LogP contribution is -2.58. The summed E-state index contributed by atoms with van der Waals surface area (Å²) < 4.78 is 10.3. The van der Waals surface area contributed by atoms with Crippen molar-refractivity contribution >= 4 is 35.6 Å². The Morgan fingerprint density at radius 3 is 1.35 bits per heavy atom. The number of carbonyl (C=O) groups excluding carboxylic acids is 4. The second-order valence-electron chi connectivity index (χ2n) is 9.63. The number of ether oxygens (including phenoxy) is 2. The van der Waals surface area contributed by atoms with Crippen molar-refractivity contribution in [3.63, 3.8) is 0 Å². The highest BCUT2D eigenvalue weighted by molar-refractivity contribution is 5.90. The Labute approximate surface area is 231 Å². The van der Waals surface area contributed by atoms with Crippen LogP contribution < -0.4 is 22.1 Å². The zero-order valence-electron chi connectivity index (χ0n) is 22.4. The highest BCUT2D eigenvalue weighted by atomic mass is 16.5. The fourth-order valence-corrected chi connectivity index (χ4v) is 4.61. The first-order valence-corrected chi connectivity index (χ1v) is 13.3. The highest BCUT2D eigenvalue weighted by Crippen LogP contribution is 2.15. The molecule has 0 aromatic rings. The Balaban J connectivity index is 0.000000224. The van der Waals surface area contributed by atoms with Gasteiger partial charge < -0.3 is 51.6 Å². The quantitative estimate of drug-likeness (QED) is 0.177. The maximum absolute atomic E-state index is 12.1. The fourth-order valence-electron chi connectivity index (χ4n) is 4.61. The van der Waals surface area contributed by atoms with E-state index in [1.165, 1.54) is 0 Å². The average molecular weight is 573 g/mol. The molecule has 16 nitrogen and oxygen atoms in total. The first-order valence-electron chi connectivity index (χ1n) is 13.3. The Morgan fingerprint density at radius 2 is 1.07 bits per heavy atom. The van der Waals surface area contributed by atoms with Crippen molar-refractivity contribution in [3.05, 3.63) is 0 Å². The SMILES string of the molecule is NC(=O)C1COCCN1C(=O)[C@@H]1CCCN1.NC(=O)C1COCCN1C(=O)[C@@H]1CCCN1.O=C(O)CCC(=O)O. The highest BCUT2D eigenvalue weighted by Gasteiger charge is 2.37. The molecule has 0 aromatic carbocycles. The Hall–Kier alpha value is -3.34. The van der Waals surface area contributed by atoms with Gasteiger partial charge in [-0.15, -0.1) is 0 Å². The maximum Gasteiger partial charge on any atom is 0.303 e. The predicted molar refractivity (Wildman–Crippen MR) is 138 cm³/mol. The Kier molecular flexibility index (Phi) is 13.7. The van der Waals surface area contributed by atoms with Gasteiger partial charge in [-0.3, -0.25) is 28.8 Å². The normalized spacial score (nSPS) is 26.0. The number of primary amides is 2. The van der Waals surface area contributed by atoms with Crippen LogP contribution in [0.5, 0.6) is 0 Å². The minimum absolute atomic E-state index is 0.0235. The third kappa shape index (κ3) is 10.3. The van der Waals surface area contributed by atoms with E-state index in [4.69, 9.17) is 31.2 Å². The number of morpholine rings is 2. The van der Waals surface area contributed by atoms with E-state index in [9.17, 15) is 28.8 Å². The molecule has 0 spiro atoms. The van der Waals surface area contributed by atoms with Gasteiger partial charge in [0.05, 0.1) is 51.4 Å². The van der Waals surface area contributed by atoms with E-state index in [0.717, 1.165) is 38.8 Å². The maximum atomic E-state index is 12.1. The minimum Gasteiger partial charge on any atom is -0.481 e. The summed E-state index contributed by atoms with van der Waals surface area (Å²) in [5, 5.41) is 22.1. The third-order valence-electron chi connectivity index (χ3n) is 6.75. The van der Waals surface area contributed by atoms with Crippen LogP contribution in [0.4, 0.5) is 0 Å². The number of aliphatic carboxylic acids is 2. The molecule has 16 heteroatoms. The number of nitrogens with one attached hydrogen (secondary N) is 2. The van der Waals surface area contributed by atoms with Crippen molar-refractivity contribution in [2.24, 2.45) is 11.5 Å². The van der Waals surface area contributed by atoms with E-state index < -0.39 is 35.8 Å². The zero-order chi connectivity index (χ0) is 29.7. The third-order valence-corrected chi connectivity index (χ3v) is 6.75. The number of carbonyl (C=O) groups is 6. The second-order valence-corrected chi connectivity index (χ2v) is 9.63. The largest absolute Gasteiger partial charge is 0.481 e. The van der Waals surface area contributed by atoms with Gasteiger partial charge in [0.25, 0.3) is 0 Å². The van der Waals surface area contributed by atoms with Crippen LogP contribution >= 0.6 is 0 Å². The van der Waals surface area contributed by atoms with Crippen LogP contribution in [0.25, 0.3) is 0 Å². The van der Waals surface area contributed by atoms with Gasteiger partial charge in [-0.25, -0.2) is 0 Å². The van der Waals surface area contributed by atoms with E-state index in [0.29, 0.717) is 26.3 Å². The molecule has 4 aliphatic rings. The van der Waals surface area contributed by atoms with Crippen molar-refractivity contribution in [1.29, 1.82) is 0 Å². The number of hydrogen-bond donors (Lipinski definition) is 6. The van der Waals surface area contributed by atoms with Gasteiger partial charge in [0, 0.05) is 13.1 Å². The van der Waals surface area contributed by atoms with Crippen LogP contribution in [0.3, 0.4) is 0 Å². The summed E-state index contributed by atoms with van der Waals surface area (Å²) in [5.74, 6) is -3.19. The summed E-state index contributed by atoms with van der Waals surface area (Å²) in [4.78, 5) is 69.0. The summed E-state index contributed by atoms with van der Waals surface area (Å²) in [5.41, 5.74) is 10.5. The van der Waals surface area contributed by atoms with Gasteiger partial charge in [0.15, 0.2) is 0 Å². The molecule has 40 heavy (non-hydrogen) atoms. The Bertz CT molecular complexity index is 835. The van der Waals surface area contributed by atoms with Gasteiger partial charge in [-0.05, 0) is 38.8 Å². The van der Waals surface area contributed by atoms with Crippen molar-refractivity contribution in [3.8, 4) is 0 Å². The molecule has 0 bridgehead atoms. The van der Waals surface area contributed by atoms with Crippen LogP contribution in [-0.4, -0.2) is 132 Å². The van der Waals surface area contributed by atoms with E-state index in [2.05, 4.69) is 10.6 Å². The summed E-state index contributed by atoms with van der Waals surface area (Å²) in [6.45, 7) is 4.01. The number of carboxylic acid groups (broad SMARTS) is 2. The lowest BCUT2D eigenvalue weighted by Gasteiger charge is -2.35. The molecule has 0 radical (unpaired) electrons. The van der Waals surface area contributed by atoms with Gasteiger partial charge >= 0.3 is 11.9 Å². The summed E-state index contributed by atoms with van der Waals surface area (Å²) in [6, 6.07) is -1.52. The number of hydrogen-bond acceptors (Lipinski definition) is 10. The first-order chi connectivity index (χ1) is 19.0. The number of amides is 4. The summed E-state index contributed by atoms with van der Waals surface area (Å²) in [6.07, 6.45) is 3.08. The summed E-state index contributed by atoms with van der Waals surface area (Å²) in [7, 11) is 0. The molecule has 4 aliphatic heterocycles. The van der Waals surface area contributed by atoms with Crippen LogP contribution in [0.2, 0.25) is 0 Å². The minimum atomic E-state index is -1.08. The molecular formula is C24H40N6O10. The monoisotopic (exact) mass is 572 g/mol. The number of nitrogens with two attached hydrogens (primary N) is 2. The van der Waals surface area contributed by atoms with E-state index in [1.54, 1.807) is 9.80 Å². The number of carboxylic acids is 2. The number of rotatable bonds is 7. The van der Waals surface area contributed by atoms with Gasteiger partial charge in [-0.1, -0.05) is 0 Å². The molecule has 8 N–H and O–H groups in total. The summed E-state index contributed by atoms with van der Waals surface area (Å²) >= 11 is 0. The molecule has 4 atom stereocenters. The molecular weight excluding hydrogens is 532 g/mol. The van der Waals surface area contributed by atoms with Gasteiger partial charge in [0.1, 0.15) is 12.1 Å². The van der Waals surface area contributed by atoms with Crippen molar-refractivity contribution in [1.82, 2.24) is 20.4 Å². The van der Waals surface area contributed by atoms with Crippen molar-refractivity contribution in [2.75, 3.05) is 52.6 Å². The molecule has 4 saturated heterocycles. The molecule has 2 unspecified atom stereocenters. The van der Waals surface area contributed by atoms with Gasteiger partial charge in [-0.2, -0.15) is 0 Å². The van der Waals surface area contributed by atoms with Crippen molar-refractivity contribution < 1.29 is 48.5 Å². The van der Waals surface area contributed by atoms with E-state index in [1.807, 2.05) is 0 Å².